The van der Waals surface area contributed by atoms with Gasteiger partial charge in [-0.2, -0.15) is 0 Å². The summed E-state index contributed by atoms with van der Waals surface area (Å²) in [5, 5.41) is 10.1. The summed E-state index contributed by atoms with van der Waals surface area (Å²) in [7, 11) is 3.42. The zero-order valence-corrected chi connectivity index (χ0v) is 10.7. The molecule has 0 atom stereocenters. The van der Waals surface area contributed by atoms with E-state index >= 15 is 0 Å². The molecule has 2 rings (SSSR count). The Kier molecular flexibility index (Phi) is 3.30. The first-order chi connectivity index (χ1) is 8.54. The largest absolute Gasteiger partial charge is 0.496 e. The van der Waals surface area contributed by atoms with E-state index in [1.807, 2.05) is 17.8 Å². The third-order valence-corrected chi connectivity index (χ3v) is 2.99. The monoisotopic (exact) mass is 265 g/mol. The molecule has 0 saturated carbocycles. The van der Waals surface area contributed by atoms with Crippen LogP contribution in [0.4, 0.5) is 0 Å². The number of halogens is 1. The van der Waals surface area contributed by atoms with Crippen molar-refractivity contribution in [1.82, 2.24) is 4.57 Å². The van der Waals surface area contributed by atoms with Crippen LogP contribution in [0.3, 0.4) is 0 Å². The summed E-state index contributed by atoms with van der Waals surface area (Å²) in [6, 6.07) is 3.52. The average Bonchev–Trinajstić information content (AvgIpc) is 2.66. The molecule has 0 amide bonds. The van der Waals surface area contributed by atoms with E-state index in [0.29, 0.717) is 10.8 Å². The number of aryl methyl sites for hydroxylation is 1. The smallest absolute Gasteiger partial charge is 0.328 e. The SMILES string of the molecule is COc1ccc(Cl)c2c1c(/C=C/C(=O)O)cn2C. The lowest BCUT2D eigenvalue weighted by Crippen LogP contribution is -1.88. The van der Waals surface area contributed by atoms with Crippen molar-refractivity contribution in [3.05, 3.63) is 35.0 Å². The Hall–Kier alpha value is -1.94. The minimum Gasteiger partial charge on any atom is -0.496 e. The van der Waals surface area contributed by atoms with Crippen LogP contribution in [-0.2, 0) is 11.8 Å². The lowest BCUT2D eigenvalue weighted by Gasteiger charge is -2.05. The quantitative estimate of drug-likeness (QED) is 0.868. The van der Waals surface area contributed by atoms with Crippen molar-refractivity contribution >= 4 is 34.5 Å². The molecule has 0 saturated heterocycles. The van der Waals surface area contributed by atoms with Gasteiger partial charge in [-0.05, 0) is 18.2 Å². The Morgan fingerprint density at radius 3 is 2.83 bits per heavy atom. The summed E-state index contributed by atoms with van der Waals surface area (Å²) in [5.74, 6) is -0.326. The molecule has 1 aromatic carbocycles. The van der Waals surface area contributed by atoms with Gasteiger partial charge in [-0.25, -0.2) is 4.79 Å². The molecule has 2 aromatic rings. The number of methoxy groups -OCH3 is 1. The fraction of sp³-hybridized carbons (Fsp3) is 0.154. The van der Waals surface area contributed by atoms with E-state index in [1.54, 1.807) is 19.2 Å². The molecular weight excluding hydrogens is 254 g/mol. The van der Waals surface area contributed by atoms with Crippen molar-refractivity contribution in [3.8, 4) is 5.75 Å². The molecule has 4 nitrogen and oxygen atoms in total. The molecule has 1 N–H and O–H groups in total. The molecule has 0 aliphatic carbocycles. The molecule has 1 heterocycles. The molecule has 1 aromatic heterocycles. The van der Waals surface area contributed by atoms with Crippen LogP contribution in [0, 0.1) is 0 Å². The number of fused-ring (bicyclic) bond motifs is 1. The van der Waals surface area contributed by atoms with Crippen molar-refractivity contribution in [2.45, 2.75) is 0 Å². The van der Waals surface area contributed by atoms with Crippen LogP contribution < -0.4 is 4.74 Å². The minimum atomic E-state index is -0.993. The molecule has 0 aliphatic heterocycles. The number of aromatic nitrogens is 1. The number of carboxylic acids is 1. The number of aliphatic carboxylic acids is 1. The second-order valence-corrected chi connectivity index (χ2v) is 4.25. The van der Waals surface area contributed by atoms with Gasteiger partial charge in [-0.1, -0.05) is 11.6 Å². The number of carbonyl (C=O) groups is 1. The van der Waals surface area contributed by atoms with Crippen LogP contribution in [-0.4, -0.2) is 22.8 Å². The molecule has 0 spiro atoms. The number of hydrogen-bond donors (Lipinski definition) is 1. The van der Waals surface area contributed by atoms with Gasteiger partial charge in [0.1, 0.15) is 5.75 Å². The number of carboxylic acid groups (broad SMARTS) is 1. The van der Waals surface area contributed by atoms with E-state index < -0.39 is 5.97 Å². The van der Waals surface area contributed by atoms with E-state index in [-0.39, 0.29) is 0 Å². The first kappa shape index (κ1) is 12.5. The highest BCUT2D eigenvalue weighted by Crippen LogP contribution is 2.35. The highest BCUT2D eigenvalue weighted by atomic mass is 35.5. The zero-order chi connectivity index (χ0) is 13.3. The molecule has 0 aliphatic rings. The van der Waals surface area contributed by atoms with Crippen molar-refractivity contribution < 1.29 is 14.6 Å². The Balaban J connectivity index is 2.75. The summed E-state index contributed by atoms with van der Waals surface area (Å²) in [4.78, 5) is 10.6. The van der Waals surface area contributed by atoms with Gasteiger partial charge < -0.3 is 14.4 Å². The molecule has 0 fully saturated rings. The van der Waals surface area contributed by atoms with Crippen molar-refractivity contribution in [3.63, 3.8) is 0 Å². The van der Waals surface area contributed by atoms with Gasteiger partial charge in [0.05, 0.1) is 23.0 Å². The predicted octanol–water partition coefficient (Wildman–Crippen LogP) is 2.94. The highest BCUT2D eigenvalue weighted by molar-refractivity contribution is 6.35. The Morgan fingerprint density at radius 2 is 2.22 bits per heavy atom. The maximum Gasteiger partial charge on any atom is 0.328 e. The summed E-state index contributed by atoms with van der Waals surface area (Å²) >= 11 is 6.15. The number of rotatable bonds is 3. The summed E-state index contributed by atoms with van der Waals surface area (Å²) < 4.78 is 7.14. The number of benzene rings is 1. The molecular formula is C13H12ClNO3. The third-order valence-electron chi connectivity index (χ3n) is 2.69. The predicted molar refractivity (Wildman–Crippen MR) is 71.2 cm³/mol. The van der Waals surface area contributed by atoms with Gasteiger partial charge in [0.2, 0.25) is 0 Å². The van der Waals surface area contributed by atoms with Crippen LogP contribution >= 0.6 is 11.6 Å². The minimum absolute atomic E-state index is 0.600. The summed E-state index contributed by atoms with van der Waals surface area (Å²) in [5.41, 5.74) is 1.58. The van der Waals surface area contributed by atoms with Gasteiger partial charge in [0.15, 0.2) is 0 Å². The standard InChI is InChI=1S/C13H12ClNO3/c1-15-7-8(3-6-11(16)17)12-10(18-2)5-4-9(14)13(12)15/h3-7H,1-2H3,(H,16,17)/b6-3+. The maximum absolute atomic E-state index is 10.6. The van der Waals surface area contributed by atoms with Crippen LogP contribution in [0.1, 0.15) is 5.56 Å². The van der Waals surface area contributed by atoms with Gasteiger partial charge in [-0.15, -0.1) is 0 Å². The lowest BCUT2D eigenvalue weighted by atomic mass is 10.1. The third kappa shape index (κ3) is 2.07. The second-order valence-electron chi connectivity index (χ2n) is 3.84. The summed E-state index contributed by atoms with van der Waals surface area (Å²) in [6.45, 7) is 0. The summed E-state index contributed by atoms with van der Waals surface area (Å²) in [6.07, 6.45) is 4.44. The average molecular weight is 266 g/mol. The van der Waals surface area contributed by atoms with Crippen LogP contribution in [0.25, 0.3) is 17.0 Å². The number of nitrogens with zero attached hydrogens (tertiary/aromatic N) is 1. The normalized spacial score (nSPS) is 11.3. The fourth-order valence-corrected chi connectivity index (χ4v) is 2.26. The second kappa shape index (κ2) is 4.74. The topological polar surface area (TPSA) is 51.5 Å². The maximum atomic E-state index is 10.6. The van der Waals surface area contributed by atoms with Crippen molar-refractivity contribution in [2.75, 3.05) is 7.11 Å². The molecule has 0 unspecified atom stereocenters. The molecule has 94 valence electrons. The van der Waals surface area contributed by atoms with Gasteiger partial charge in [0.25, 0.3) is 0 Å². The lowest BCUT2D eigenvalue weighted by molar-refractivity contribution is -0.131. The number of ether oxygens (including phenoxy) is 1. The molecule has 0 bridgehead atoms. The van der Waals surface area contributed by atoms with E-state index in [2.05, 4.69) is 0 Å². The highest BCUT2D eigenvalue weighted by Gasteiger charge is 2.13. The van der Waals surface area contributed by atoms with Crippen LogP contribution in [0.2, 0.25) is 5.02 Å². The van der Waals surface area contributed by atoms with E-state index in [0.717, 1.165) is 22.5 Å². The Bertz CT molecular complexity index is 643. The first-order valence-electron chi connectivity index (χ1n) is 5.27. The zero-order valence-electron chi connectivity index (χ0n) is 9.98. The molecule has 18 heavy (non-hydrogen) atoms. The molecule has 0 radical (unpaired) electrons. The van der Waals surface area contributed by atoms with E-state index in [9.17, 15) is 4.79 Å². The van der Waals surface area contributed by atoms with E-state index in [4.69, 9.17) is 21.4 Å². The van der Waals surface area contributed by atoms with Gasteiger partial charge in [0, 0.05) is 24.9 Å². The number of hydrogen-bond acceptors (Lipinski definition) is 2. The fourth-order valence-electron chi connectivity index (χ4n) is 1.97. The Labute approximate surface area is 109 Å². The van der Waals surface area contributed by atoms with Gasteiger partial charge in [-0.3, -0.25) is 0 Å². The van der Waals surface area contributed by atoms with Crippen molar-refractivity contribution in [2.24, 2.45) is 7.05 Å². The van der Waals surface area contributed by atoms with Crippen LogP contribution in [0.15, 0.2) is 24.4 Å². The van der Waals surface area contributed by atoms with Crippen LogP contribution in [0.5, 0.6) is 5.75 Å². The molecule has 5 heteroatoms. The van der Waals surface area contributed by atoms with E-state index in [1.165, 1.54) is 6.08 Å². The first-order valence-corrected chi connectivity index (χ1v) is 5.65. The van der Waals surface area contributed by atoms with Crippen molar-refractivity contribution in [1.29, 1.82) is 0 Å². The Morgan fingerprint density at radius 1 is 1.50 bits per heavy atom. The van der Waals surface area contributed by atoms with Gasteiger partial charge >= 0.3 is 5.97 Å².